The van der Waals surface area contributed by atoms with Crippen LogP contribution in [0.4, 0.5) is 0 Å². The highest BCUT2D eigenvalue weighted by atomic mass is 16.3. The van der Waals surface area contributed by atoms with Crippen molar-refractivity contribution in [2.24, 2.45) is 0 Å². The van der Waals surface area contributed by atoms with Gasteiger partial charge >= 0.3 is 0 Å². The molecule has 38 heavy (non-hydrogen) atoms. The molecular formula is C30H28N6O2. The number of para-hydroxylation sites is 1. The van der Waals surface area contributed by atoms with Gasteiger partial charge in [-0.05, 0) is 47.4 Å². The molecule has 0 saturated carbocycles. The fraction of sp³-hybridized carbons (Fsp3) is 0.200. The molecule has 0 aliphatic heterocycles. The summed E-state index contributed by atoms with van der Waals surface area (Å²) in [6.07, 6.45) is 0. The number of hydrogen-bond acceptors (Lipinski definition) is 6. The van der Waals surface area contributed by atoms with E-state index in [1.165, 1.54) is 9.59 Å². The van der Waals surface area contributed by atoms with Gasteiger partial charge in [0, 0.05) is 17.0 Å². The van der Waals surface area contributed by atoms with Crippen LogP contribution in [-0.4, -0.2) is 40.2 Å². The third kappa shape index (κ3) is 3.94. The third-order valence-corrected chi connectivity index (χ3v) is 6.97. The minimum atomic E-state index is -0.356. The maximum absolute atomic E-state index is 11.5. The van der Waals surface area contributed by atoms with Gasteiger partial charge in [0.1, 0.15) is 44.9 Å². The van der Waals surface area contributed by atoms with Crippen molar-refractivity contribution < 1.29 is 10.2 Å². The lowest BCUT2D eigenvalue weighted by Gasteiger charge is -2.24. The maximum Gasteiger partial charge on any atom is 0.146 e. The number of benzene rings is 4. The van der Waals surface area contributed by atoms with Crippen molar-refractivity contribution in [2.75, 3.05) is 0 Å². The summed E-state index contributed by atoms with van der Waals surface area (Å²) in [6.45, 7) is 8.33. The molecule has 2 N–H and O–H groups in total. The minimum Gasteiger partial charge on any atom is -0.505 e. The SMILES string of the molecule is CC(c1cccc(-n2nc3ccccc3n2)c1O)c1cc(C(C)(C)C)cc(-n2nc3ccccc3n2)c1O. The van der Waals surface area contributed by atoms with E-state index < -0.39 is 0 Å². The zero-order valence-electron chi connectivity index (χ0n) is 21.7. The fourth-order valence-corrected chi connectivity index (χ4v) is 4.72. The number of aromatic hydroxyl groups is 2. The number of hydrogen-bond donors (Lipinski definition) is 2. The van der Waals surface area contributed by atoms with Crippen LogP contribution < -0.4 is 0 Å². The molecule has 0 spiro atoms. The van der Waals surface area contributed by atoms with Crippen LogP contribution in [0, 0.1) is 0 Å². The van der Waals surface area contributed by atoms with Gasteiger partial charge in [-0.1, -0.05) is 70.2 Å². The second-order valence-electron chi connectivity index (χ2n) is 10.6. The molecule has 2 aromatic heterocycles. The van der Waals surface area contributed by atoms with E-state index in [-0.39, 0.29) is 22.8 Å². The Morgan fingerprint density at radius 2 is 1.08 bits per heavy atom. The van der Waals surface area contributed by atoms with Gasteiger partial charge in [-0.2, -0.15) is 0 Å². The Morgan fingerprint density at radius 3 is 1.58 bits per heavy atom. The van der Waals surface area contributed by atoms with Crippen molar-refractivity contribution >= 4 is 22.1 Å². The summed E-state index contributed by atoms with van der Waals surface area (Å²) in [5.41, 5.74) is 6.06. The van der Waals surface area contributed by atoms with E-state index in [2.05, 4.69) is 41.2 Å². The second kappa shape index (κ2) is 8.69. The van der Waals surface area contributed by atoms with Gasteiger partial charge in [0.15, 0.2) is 0 Å². The summed E-state index contributed by atoms with van der Waals surface area (Å²) in [7, 11) is 0. The van der Waals surface area contributed by atoms with Gasteiger partial charge in [0.05, 0.1) is 0 Å². The highest BCUT2D eigenvalue weighted by Gasteiger charge is 2.26. The largest absolute Gasteiger partial charge is 0.505 e. The van der Waals surface area contributed by atoms with Crippen molar-refractivity contribution in [3.05, 3.63) is 95.6 Å². The molecule has 2 heterocycles. The summed E-state index contributed by atoms with van der Waals surface area (Å²) in [5, 5.41) is 41.2. The van der Waals surface area contributed by atoms with Crippen LogP contribution in [0.1, 0.15) is 50.3 Å². The zero-order valence-corrected chi connectivity index (χ0v) is 21.7. The van der Waals surface area contributed by atoms with Gasteiger partial charge < -0.3 is 10.2 Å². The van der Waals surface area contributed by atoms with Gasteiger partial charge in [0.2, 0.25) is 0 Å². The predicted octanol–water partition coefficient (Wildman–Crippen LogP) is 6.01. The molecule has 0 aliphatic carbocycles. The van der Waals surface area contributed by atoms with E-state index in [1.54, 1.807) is 6.07 Å². The summed E-state index contributed by atoms with van der Waals surface area (Å²) >= 11 is 0. The number of fused-ring (bicyclic) bond motifs is 2. The van der Waals surface area contributed by atoms with Crippen LogP contribution >= 0.6 is 0 Å². The molecule has 190 valence electrons. The van der Waals surface area contributed by atoms with Crippen molar-refractivity contribution in [1.29, 1.82) is 0 Å². The normalized spacial score (nSPS) is 12.8. The number of nitrogens with zero attached hydrogens (tertiary/aromatic N) is 6. The van der Waals surface area contributed by atoms with E-state index in [1.807, 2.05) is 79.7 Å². The smallest absolute Gasteiger partial charge is 0.146 e. The molecule has 6 rings (SSSR count). The first-order valence-electron chi connectivity index (χ1n) is 12.5. The predicted molar refractivity (Wildman–Crippen MR) is 147 cm³/mol. The van der Waals surface area contributed by atoms with Crippen molar-refractivity contribution in [2.45, 2.75) is 39.0 Å². The van der Waals surface area contributed by atoms with Crippen LogP contribution in [0.3, 0.4) is 0 Å². The third-order valence-electron chi connectivity index (χ3n) is 6.97. The molecule has 8 heteroatoms. The second-order valence-corrected chi connectivity index (χ2v) is 10.6. The average Bonchev–Trinajstić information content (AvgIpc) is 3.52. The summed E-state index contributed by atoms with van der Waals surface area (Å²) < 4.78 is 0. The molecule has 0 fully saturated rings. The van der Waals surface area contributed by atoms with Gasteiger partial charge in [-0.25, -0.2) is 0 Å². The zero-order chi connectivity index (χ0) is 26.6. The molecule has 4 aromatic carbocycles. The monoisotopic (exact) mass is 504 g/mol. The lowest BCUT2D eigenvalue weighted by Crippen LogP contribution is -2.14. The lowest BCUT2D eigenvalue weighted by atomic mass is 9.82. The molecule has 1 unspecified atom stereocenters. The Hall–Kier alpha value is -4.72. The minimum absolute atomic E-state index is 0.0605. The summed E-state index contributed by atoms with van der Waals surface area (Å²) in [4.78, 5) is 2.94. The molecule has 0 amide bonds. The molecule has 0 saturated heterocycles. The van der Waals surface area contributed by atoms with E-state index >= 15 is 0 Å². The van der Waals surface area contributed by atoms with Crippen LogP contribution in [0.2, 0.25) is 0 Å². The molecule has 1 atom stereocenters. The van der Waals surface area contributed by atoms with E-state index in [0.717, 1.165) is 27.6 Å². The molecule has 8 nitrogen and oxygen atoms in total. The highest BCUT2D eigenvalue weighted by molar-refractivity contribution is 5.75. The number of phenolic OH excluding ortho intramolecular Hbond substituents is 2. The maximum atomic E-state index is 11.5. The Morgan fingerprint density at radius 1 is 0.605 bits per heavy atom. The average molecular weight is 505 g/mol. The Kier molecular flexibility index (Phi) is 5.41. The molecule has 0 aliphatic rings. The first-order valence-corrected chi connectivity index (χ1v) is 12.5. The molecular weight excluding hydrogens is 476 g/mol. The van der Waals surface area contributed by atoms with Crippen LogP contribution in [0.5, 0.6) is 11.5 Å². The first-order chi connectivity index (χ1) is 18.2. The number of aromatic nitrogens is 6. The van der Waals surface area contributed by atoms with Crippen molar-refractivity contribution in [3.8, 4) is 22.9 Å². The fourth-order valence-electron chi connectivity index (χ4n) is 4.72. The quantitative estimate of drug-likeness (QED) is 0.305. The van der Waals surface area contributed by atoms with Crippen LogP contribution in [-0.2, 0) is 5.41 Å². The lowest BCUT2D eigenvalue weighted by molar-refractivity contribution is 0.448. The highest BCUT2D eigenvalue weighted by Crippen LogP contribution is 2.42. The first kappa shape index (κ1) is 23.7. The van der Waals surface area contributed by atoms with Gasteiger partial charge in [0.25, 0.3) is 0 Å². The van der Waals surface area contributed by atoms with Crippen molar-refractivity contribution in [3.63, 3.8) is 0 Å². The van der Waals surface area contributed by atoms with E-state index in [4.69, 9.17) is 0 Å². The van der Waals surface area contributed by atoms with Crippen LogP contribution in [0.25, 0.3) is 33.4 Å². The number of rotatable bonds is 4. The molecule has 0 radical (unpaired) electrons. The van der Waals surface area contributed by atoms with Crippen LogP contribution in [0.15, 0.2) is 78.9 Å². The molecule has 6 aromatic rings. The summed E-state index contributed by atoms with van der Waals surface area (Å²) in [5.74, 6) is -0.227. The Bertz CT molecular complexity index is 1750. The Labute approximate surface area is 219 Å². The van der Waals surface area contributed by atoms with Crippen molar-refractivity contribution in [1.82, 2.24) is 30.0 Å². The standard InChI is InChI=1S/C30H28N6O2/c1-18(20-10-9-15-26(28(20)37)35-31-22-11-5-6-12-23(22)32-35)21-16-19(30(2,3)4)17-27(29(21)38)36-33-24-13-7-8-14-25(24)34-36/h5-18,37-38H,1-4H3. The van der Waals surface area contributed by atoms with E-state index in [9.17, 15) is 10.2 Å². The number of phenols is 2. The topological polar surface area (TPSA) is 102 Å². The summed E-state index contributed by atoms with van der Waals surface area (Å²) in [6, 6.07) is 24.6. The van der Waals surface area contributed by atoms with Gasteiger partial charge in [-0.15, -0.1) is 30.0 Å². The molecule has 0 bridgehead atoms. The van der Waals surface area contributed by atoms with E-state index in [0.29, 0.717) is 22.5 Å². The van der Waals surface area contributed by atoms with Gasteiger partial charge in [-0.3, -0.25) is 0 Å². The Balaban J connectivity index is 1.50.